The van der Waals surface area contributed by atoms with Crippen LogP contribution in [-0.4, -0.2) is 83.5 Å². The number of oxazole rings is 2. The highest BCUT2D eigenvalue weighted by molar-refractivity contribution is 5.79. The third-order valence-electron chi connectivity index (χ3n) is 13.2. The average molecular weight is 975 g/mol. The van der Waals surface area contributed by atoms with E-state index in [1.54, 1.807) is 21.1 Å². The zero-order valence-corrected chi connectivity index (χ0v) is 44.0. The third-order valence-corrected chi connectivity index (χ3v) is 13.2. The molecule has 388 valence electrons. The van der Waals surface area contributed by atoms with Crippen molar-refractivity contribution in [3.05, 3.63) is 71.4 Å². The Morgan fingerprint density at radius 2 is 1.10 bits per heavy atom. The van der Waals surface area contributed by atoms with E-state index in [0.717, 1.165) is 123 Å². The van der Waals surface area contributed by atoms with Gasteiger partial charge in [0, 0.05) is 24.0 Å². The van der Waals surface area contributed by atoms with Gasteiger partial charge in [-0.2, -0.15) is 0 Å². The highest BCUT2D eigenvalue weighted by Gasteiger charge is 2.39. The number of benzene rings is 2. The summed E-state index contributed by atoms with van der Waals surface area (Å²) in [6, 6.07) is 15.4. The summed E-state index contributed by atoms with van der Waals surface area (Å²) in [5.41, 5.74) is 0.853. The summed E-state index contributed by atoms with van der Waals surface area (Å²) < 4.78 is 53.1. The number of carbonyl (C=O) groups excluding carboxylic acids is 1. The summed E-state index contributed by atoms with van der Waals surface area (Å²) in [4.78, 5) is 34.0. The van der Waals surface area contributed by atoms with Crippen molar-refractivity contribution in [1.82, 2.24) is 9.97 Å². The SMILES string of the molecule is CCCC(C)(OC[C@@H]1CCC[C@H](OCc2nc(-c3cccc(OC)c3)oc2CC)C1)C(=O)O.CCCC(C)(OC[C@@H]1CCC[C@H](OCc2nc(-c3cccc(OC)c3)oc2CC)C1)C(=O)OC(C)(C)C. The number of carbonyl (C=O) groups is 2. The molecule has 0 radical (unpaired) electrons. The molecule has 6 rings (SSSR count). The summed E-state index contributed by atoms with van der Waals surface area (Å²) in [5.74, 6) is 3.83. The minimum absolute atomic E-state index is 0.108. The Hall–Kier alpha value is -4.76. The largest absolute Gasteiger partial charge is 0.497 e. The van der Waals surface area contributed by atoms with Crippen molar-refractivity contribution in [2.75, 3.05) is 27.4 Å². The Labute approximate surface area is 416 Å². The van der Waals surface area contributed by atoms with Gasteiger partial charge in [-0.1, -0.05) is 65.5 Å². The Morgan fingerprint density at radius 1 is 0.657 bits per heavy atom. The lowest BCUT2D eigenvalue weighted by Crippen LogP contribution is -2.44. The molecule has 2 saturated carbocycles. The lowest BCUT2D eigenvalue weighted by atomic mass is 9.87. The monoisotopic (exact) mass is 975 g/mol. The van der Waals surface area contributed by atoms with Crippen LogP contribution in [0, 0.1) is 11.8 Å². The minimum atomic E-state index is -1.12. The Balaban J connectivity index is 0.000000262. The molecule has 2 aliphatic carbocycles. The first-order valence-corrected chi connectivity index (χ1v) is 25.7. The van der Waals surface area contributed by atoms with E-state index in [4.69, 9.17) is 52.0 Å². The van der Waals surface area contributed by atoms with E-state index in [-0.39, 0.29) is 18.2 Å². The zero-order valence-electron chi connectivity index (χ0n) is 44.0. The van der Waals surface area contributed by atoms with E-state index in [2.05, 4.69) is 13.8 Å². The van der Waals surface area contributed by atoms with E-state index in [1.165, 1.54) is 0 Å². The van der Waals surface area contributed by atoms with Crippen LogP contribution in [0.1, 0.15) is 162 Å². The lowest BCUT2D eigenvalue weighted by Gasteiger charge is -2.34. The quantitative estimate of drug-likeness (QED) is 0.0658. The highest BCUT2D eigenvalue weighted by atomic mass is 16.6. The molecule has 0 aliphatic heterocycles. The first kappa shape index (κ1) is 56.2. The molecule has 2 fully saturated rings. The van der Waals surface area contributed by atoms with Crippen LogP contribution < -0.4 is 9.47 Å². The van der Waals surface area contributed by atoms with Gasteiger partial charge in [0.15, 0.2) is 11.2 Å². The molecule has 0 spiro atoms. The fourth-order valence-corrected chi connectivity index (χ4v) is 9.20. The van der Waals surface area contributed by atoms with E-state index in [9.17, 15) is 14.7 Å². The van der Waals surface area contributed by atoms with Gasteiger partial charge >= 0.3 is 11.9 Å². The molecule has 2 aliphatic rings. The zero-order chi connectivity index (χ0) is 50.9. The molecule has 2 aromatic carbocycles. The van der Waals surface area contributed by atoms with Crippen molar-refractivity contribution in [3.63, 3.8) is 0 Å². The maximum atomic E-state index is 12.9. The molecule has 2 unspecified atom stereocenters. The van der Waals surface area contributed by atoms with Gasteiger partial charge in [0.25, 0.3) is 0 Å². The third kappa shape index (κ3) is 16.4. The van der Waals surface area contributed by atoms with Crippen molar-refractivity contribution >= 4 is 11.9 Å². The average Bonchev–Trinajstić information content (AvgIpc) is 3.98. The summed E-state index contributed by atoms with van der Waals surface area (Å²) in [5, 5.41) is 9.55. The number of hydrogen-bond acceptors (Lipinski definition) is 13. The predicted molar refractivity (Wildman–Crippen MR) is 269 cm³/mol. The molecule has 1 N–H and O–H groups in total. The van der Waals surface area contributed by atoms with Gasteiger partial charge < -0.3 is 47.1 Å². The number of methoxy groups -OCH3 is 2. The number of aromatic nitrogens is 2. The topological polar surface area (TPSA) is 171 Å². The molecule has 2 aromatic heterocycles. The molecule has 0 amide bonds. The van der Waals surface area contributed by atoms with Crippen molar-refractivity contribution in [2.45, 2.75) is 194 Å². The molecule has 14 nitrogen and oxygen atoms in total. The second-order valence-corrected chi connectivity index (χ2v) is 20.3. The predicted octanol–water partition coefficient (Wildman–Crippen LogP) is 12.6. The molecule has 4 aromatic rings. The second kappa shape index (κ2) is 26.6. The first-order chi connectivity index (χ1) is 33.4. The molecule has 70 heavy (non-hydrogen) atoms. The maximum absolute atomic E-state index is 12.9. The summed E-state index contributed by atoms with van der Waals surface area (Å²) in [6.45, 7) is 19.1. The second-order valence-electron chi connectivity index (χ2n) is 20.3. The molecular formula is C56H82N2O12. The van der Waals surface area contributed by atoms with Crippen LogP contribution in [0.3, 0.4) is 0 Å². The number of carboxylic acids is 1. The van der Waals surface area contributed by atoms with Gasteiger partial charge in [-0.25, -0.2) is 19.6 Å². The van der Waals surface area contributed by atoms with Gasteiger partial charge in [0.1, 0.15) is 40.0 Å². The summed E-state index contributed by atoms with van der Waals surface area (Å²) in [6.07, 6.45) is 12.5. The fourth-order valence-electron chi connectivity index (χ4n) is 9.20. The number of hydrogen-bond donors (Lipinski definition) is 1. The van der Waals surface area contributed by atoms with Crippen LogP contribution in [0.15, 0.2) is 57.4 Å². The van der Waals surface area contributed by atoms with Crippen LogP contribution >= 0.6 is 0 Å². The van der Waals surface area contributed by atoms with Gasteiger partial charge in [-0.05, 0) is 134 Å². The molecular weight excluding hydrogens is 893 g/mol. The molecule has 14 heteroatoms. The van der Waals surface area contributed by atoms with Crippen molar-refractivity contribution < 1.29 is 56.7 Å². The van der Waals surface area contributed by atoms with Crippen LogP contribution in [0.5, 0.6) is 11.5 Å². The number of esters is 1. The Morgan fingerprint density at radius 3 is 1.50 bits per heavy atom. The normalized spacial score (nSPS) is 20.1. The van der Waals surface area contributed by atoms with Gasteiger partial charge in [-0.15, -0.1) is 0 Å². The van der Waals surface area contributed by atoms with Crippen LogP contribution in [0.2, 0.25) is 0 Å². The Kier molecular flexibility index (Phi) is 21.4. The molecule has 0 bridgehead atoms. The Bertz CT molecular complexity index is 2230. The number of ether oxygens (including phenoxy) is 7. The minimum Gasteiger partial charge on any atom is -0.497 e. The van der Waals surface area contributed by atoms with E-state index >= 15 is 0 Å². The van der Waals surface area contributed by atoms with Crippen LogP contribution in [0.4, 0.5) is 0 Å². The standard InChI is InChI=1S/C30H45NO6.C26H37NO6/c1-8-16-30(6,28(32)37-29(3,4)5)35-19-21-12-10-15-24(17-21)34-20-25-26(9-2)36-27(31-25)22-13-11-14-23(18-22)33-7;1-5-13-26(3,25(28)29)32-16-18-9-7-12-21(14-18)31-17-22-23(6-2)33-24(27-22)19-10-8-11-20(15-19)30-4/h11,13-14,18,21,24H,8-10,12,15-17,19-20H2,1-7H3;8,10-11,15,18,21H,5-7,9,12-14,16-17H2,1-4H3,(H,28,29)/t21-,24+,30?;18-,21+,26?/m11/s1. The van der Waals surface area contributed by atoms with E-state index < -0.39 is 22.8 Å². The number of rotatable bonds is 24. The summed E-state index contributed by atoms with van der Waals surface area (Å²) >= 11 is 0. The van der Waals surface area contributed by atoms with Gasteiger partial charge in [0.2, 0.25) is 11.8 Å². The van der Waals surface area contributed by atoms with E-state index in [0.29, 0.717) is 62.9 Å². The number of nitrogens with zero attached hydrogens (tertiary/aromatic N) is 2. The van der Waals surface area contributed by atoms with Gasteiger partial charge in [-0.3, -0.25) is 0 Å². The lowest BCUT2D eigenvalue weighted by molar-refractivity contribution is -0.185. The fraction of sp³-hybridized carbons (Fsp3) is 0.643. The van der Waals surface area contributed by atoms with Crippen LogP contribution in [-0.2, 0) is 59.3 Å². The van der Waals surface area contributed by atoms with Crippen molar-refractivity contribution in [3.8, 4) is 34.4 Å². The van der Waals surface area contributed by atoms with Crippen molar-refractivity contribution in [2.24, 2.45) is 11.8 Å². The summed E-state index contributed by atoms with van der Waals surface area (Å²) in [7, 11) is 3.29. The van der Waals surface area contributed by atoms with Gasteiger partial charge in [0.05, 0.1) is 52.9 Å². The number of aryl methyl sites for hydroxylation is 2. The maximum Gasteiger partial charge on any atom is 0.338 e. The van der Waals surface area contributed by atoms with Crippen molar-refractivity contribution in [1.29, 1.82) is 0 Å². The molecule has 6 atom stereocenters. The number of aliphatic carboxylic acids is 1. The molecule has 0 saturated heterocycles. The van der Waals surface area contributed by atoms with Crippen LogP contribution in [0.25, 0.3) is 22.9 Å². The van der Waals surface area contributed by atoms with E-state index in [1.807, 2.05) is 90.1 Å². The smallest absolute Gasteiger partial charge is 0.338 e. The first-order valence-electron chi connectivity index (χ1n) is 25.7. The molecule has 2 heterocycles. The highest BCUT2D eigenvalue weighted by Crippen LogP contribution is 2.34. The number of carboxylic acid groups (broad SMARTS) is 1.